The lowest BCUT2D eigenvalue weighted by Gasteiger charge is -2.24. The summed E-state index contributed by atoms with van der Waals surface area (Å²) in [6.45, 7) is 5.97. The van der Waals surface area contributed by atoms with Gasteiger partial charge in [-0.25, -0.2) is 8.42 Å². The van der Waals surface area contributed by atoms with Gasteiger partial charge in [0.1, 0.15) is 0 Å². The molecule has 0 aliphatic carbocycles. The van der Waals surface area contributed by atoms with Crippen molar-refractivity contribution < 1.29 is 8.42 Å². The smallest absolute Gasteiger partial charge is 0.154 e. The van der Waals surface area contributed by atoms with Crippen LogP contribution in [0.5, 0.6) is 0 Å². The quantitative estimate of drug-likeness (QED) is 0.886. The summed E-state index contributed by atoms with van der Waals surface area (Å²) in [5.41, 5.74) is 2.92. The number of rotatable bonds is 6. The summed E-state index contributed by atoms with van der Waals surface area (Å²) < 4.78 is 22.9. The molecule has 0 radical (unpaired) electrons. The second kappa shape index (κ2) is 6.24. The lowest BCUT2D eigenvalue weighted by molar-refractivity contribution is 0.560. The molecule has 4 nitrogen and oxygen atoms in total. The van der Waals surface area contributed by atoms with Gasteiger partial charge in [-0.1, -0.05) is 31.5 Å². The van der Waals surface area contributed by atoms with Gasteiger partial charge in [-0.2, -0.15) is 0 Å². The number of hydrogen-bond acceptors (Lipinski definition) is 4. The Bertz CT molecular complexity index is 767. The summed E-state index contributed by atoms with van der Waals surface area (Å²) in [4.78, 5) is 4.66. The van der Waals surface area contributed by atoms with Crippen LogP contribution in [0.3, 0.4) is 0 Å². The van der Waals surface area contributed by atoms with Gasteiger partial charge in [0.05, 0.1) is 10.3 Å². The Morgan fingerprint density at radius 2 is 1.91 bits per heavy atom. The number of sulfone groups is 1. The fraction of sp³-hybridized carbons (Fsp3) is 0.471. The van der Waals surface area contributed by atoms with Crippen LogP contribution in [-0.2, 0) is 16.3 Å². The average molecular weight is 320 g/mol. The highest BCUT2D eigenvalue weighted by molar-refractivity contribution is 7.92. The van der Waals surface area contributed by atoms with Crippen LogP contribution in [0.1, 0.15) is 32.9 Å². The number of para-hydroxylation sites is 1. The zero-order chi connectivity index (χ0) is 16.4. The van der Waals surface area contributed by atoms with E-state index >= 15 is 0 Å². The molecule has 22 heavy (non-hydrogen) atoms. The second-order valence-corrected chi connectivity index (χ2v) is 8.96. The number of fused-ring (bicyclic) bond motifs is 1. The van der Waals surface area contributed by atoms with E-state index in [-0.39, 0.29) is 0 Å². The molecule has 0 saturated carbocycles. The van der Waals surface area contributed by atoms with Gasteiger partial charge < -0.3 is 5.32 Å². The van der Waals surface area contributed by atoms with Crippen molar-refractivity contribution in [2.24, 2.45) is 0 Å². The van der Waals surface area contributed by atoms with Gasteiger partial charge in [-0.05, 0) is 32.4 Å². The van der Waals surface area contributed by atoms with Crippen molar-refractivity contribution in [1.82, 2.24) is 4.98 Å². The highest BCUT2D eigenvalue weighted by Crippen LogP contribution is 2.25. The molecule has 0 aliphatic rings. The molecular weight excluding hydrogens is 296 g/mol. The second-order valence-electron chi connectivity index (χ2n) is 6.31. The summed E-state index contributed by atoms with van der Waals surface area (Å²) in [5, 5.41) is 4.33. The van der Waals surface area contributed by atoms with Gasteiger partial charge in [-0.15, -0.1) is 0 Å². The predicted octanol–water partition coefficient (Wildman–Crippen LogP) is 3.42. The number of aromatic nitrogens is 1. The summed E-state index contributed by atoms with van der Waals surface area (Å²) in [5.74, 6) is 0. The maximum atomic E-state index is 11.9. The lowest BCUT2D eigenvalue weighted by atomic mass is 10.1. The third-order valence-corrected chi connectivity index (χ3v) is 6.14. The van der Waals surface area contributed by atoms with Crippen LogP contribution in [0.4, 0.5) is 5.69 Å². The number of pyridine rings is 1. The van der Waals surface area contributed by atoms with E-state index in [1.807, 2.05) is 30.3 Å². The standard InChI is InChI=1S/C17H24N2O2S/c1-5-8-13-11-16(14-9-6-7-10-15(14)19-13)18-12-17(2,3)22(4,20)21/h6-7,9-11H,5,8,12H2,1-4H3,(H,18,19). The first-order chi connectivity index (χ1) is 10.2. The normalized spacial score (nSPS) is 12.5. The largest absolute Gasteiger partial charge is 0.383 e. The molecule has 1 N–H and O–H groups in total. The molecule has 1 aromatic heterocycles. The van der Waals surface area contributed by atoms with E-state index in [1.54, 1.807) is 13.8 Å². The van der Waals surface area contributed by atoms with Crippen molar-refractivity contribution in [2.45, 2.75) is 38.4 Å². The molecule has 1 heterocycles. The van der Waals surface area contributed by atoms with Crippen LogP contribution >= 0.6 is 0 Å². The summed E-state index contributed by atoms with van der Waals surface area (Å²) in [7, 11) is -3.12. The van der Waals surface area contributed by atoms with Crippen molar-refractivity contribution in [3.8, 4) is 0 Å². The Hall–Kier alpha value is -1.62. The summed E-state index contributed by atoms with van der Waals surface area (Å²) in [6.07, 6.45) is 3.22. The SMILES string of the molecule is CCCc1cc(NCC(C)(C)S(C)(=O)=O)c2ccccc2n1. The van der Waals surface area contributed by atoms with Crippen molar-refractivity contribution in [2.75, 3.05) is 18.1 Å². The fourth-order valence-corrected chi connectivity index (χ4v) is 2.53. The molecular formula is C17H24N2O2S. The Morgan fingerprint density at radius 1 is 1.23 bits per heavy atom. The van der Waals surface area contributed by atoms with Crippen LogP contribution in [-0.4, -0.2) is 30.9 Å². The number of hydrogen-bond donors (Lipinski definition) is 1. The minimum Gasteiger partial charge on any atom is -0.383 e. The van der Waals surface area contributed by atoms with Crippen LogP contribution < -0.4 is 5.32 Å². The number of benzene rings is 1. The minimum absolute atomic E-state index is 0.366. The molecule has 0 amide bonds. The monoisotopic (exact) mass is 320 g/mol. The van der Waals surface area contributed by atoms with Crippen LogP contribution in [0, 0.1) is 0 Å². The maximum Gasteiger partial charge on any atom is 0.154 e. The number of anilines is 1. The van der Waals surface area contributed by atoms with Gasteiger partial charge in [0.15, 0.2) is 9.84 Å². The predicted molar refractivity (Wildman–Crippen MR) is 93.2 cm³/mol. The van der Waals surface area contributed by atoms with E-state index in [2.05, 4.69) is 17.2 Å². The van der Waals surface area contributed by atoms with Gasteiger partial charge in [0, 0.05) is 29.6 Å². The molecule has 0 unspecified atom stereocenters. The molecule has 5 heteroatoms. The fourth-order valence-electron chi connectivity index (χ4n) is 2.20. The highest BCUT2D eigenvalue weighted by atomic mass is 32.2. The van der Waals surface area contributed by atoms with E-state index in [0.29, 0.717) is 6.54 Å². The molecule has 0 fully saturated rings. The zero-order valence-corrected chi connectivity index (χ0v) is 14.5. The lowest BCUT2D eigenvalue weighted by Crippen LogP contribution is -2.38. The topological polar surface area (TPSA) is 59.1 Å². The number of aryl methyl sites for hydroxylation is 1. The number of nitrogens with zero attached hydrogens (tertiary/aromatic N) is 1. The van der Waals surface area contributed by atoms with Gasteiger partial charge >= 0.3 is 0 Å². The molecule has 0 aliphatic heterocycles. The van der Waals surface area contributed by atoms with E-state index in [9.17, 15) is 8.42 Å². The van der Waals surface area contributed by atoms with Crippen molar-refractivity contribution in [3.05, 3.63) is 36.0 Å². The average Bonchev–Trinajstić information content (AvgIpc) is 2.44. The highest BCUT2D eigenvalue weighted by Gasteiger charge is 2.30. The Kier molecular flexibility index (Phi) is 4.75. The van der Waals surface area contributed by atoms with Crippen molar-refractivity contribution >= 4 is 26.4 Å². The molecule has 0 saturated heterocycles. The molecule has 0 bridgehead atoms. The first-order valence-corrected chi connectivity index (χ1v) is 9.46. The van der Waals surface area contributed by atoms with Crippen molar-refractivity contribution in [3.63, 3.8) is 0 Å². The molecule has 1 aromatic carbocycles. The zero-order valence-electron chi connectivity index (χ0n) is 13.7. The summed E-state index contributed by atoms with van der Waals surface area (Å²) in [6, 6.07) is 9.96. The van der Waals surface area contributed by atoms with E-state index in [0.717, 1.165) is 35.1 Å². The Labute approximate surface area is 132 Å². The van der Waals surface area contributed by atoms with Crippen LogP contribution in [0.2, 0.25) is 0 Å². The van der Waals surface area contributed by atoms with Gasteiger partial charge in [0.25, 0.3) is 0 Å². The van der Waals surface area contributed by atoms with Gasteiger partial charge in [0.2, 0.25) is 0 Å². The maximum absolute atomic E-state index is 11.9. The van der Waals surface area contributed by atoms with Crippen LogP contribution in [0.15, 0.2) is 30.3 Å². The molecule has 120 valence electrons. The minimum atomic E-state index is -3.12. The molecule has 0 atom stereocenters. The Balaban J connectivity index is 2.37. The summed E-state index contributed by atoms with van der Waals surface area (Å²) >= 11 is 0. The first kappa shape index (κ1) is 16.7. The van der Waals surface area contributed by atoms with Gasteiger partial charge in [-0.3, -0.25) is 4.98 Å². The van der Waals surface area contributed by atoms with E-state index < -0.39 is 14.6 Å². The van der Waals surface area contributed by atoms with E-state index in [1.165, 1.54) is 6.26 Å². The third kappa shape index (κ3) is 3.58. The van der Waals surface area contributed by atoms with Crippen LogP contribution in [0.25, 0.3) is 10.9 Å². The first-order valence-electron chi connectivity index (χ1n) is 7.57. The molecule has 0 spiro atoms. The molecule has 2 rings (SSSR count). The third-order valence-electron chi connectivity index (χ3n) is 3.98. The molecule has 2 aromatic rings. The number of nitrogens with one attached hydrogen (secondary N) is 1. The van der Waals surface area contributed by atoms with Crippen molar-refractivity contribution in [1.29, 1.82) is 0 Å². The van der Waals surface area contributed by atoms with E-state index in [4.69, 9.17) is 0 Å². The Morgan fingerprint density at radius 3 is 2.55 bits per heavy atom.